The van der Waals surface area contributed by atoms with Gasteiger partial charge in [-0.2, -0.15) is 0 Å². The molecule has 6 heteroatoms. The number of anilines is 1. The topological polar surface area (TPSA) is 87.3 Å². The van der Waals surface area contributed by atoms with Crippen LogP contribution in [0.3, 0.4) is 0 Å². The molecule has 2 aromatic carbocycles. The van der Waals surface area contributed by atoms with Crippen molar-refractivity contribution in [2.24, 2.45) is 0 Å². The number of carbonyl (C=O) groups is 3. The average Bonchev–Trinajstić information content (AvgIpc) is 3.34. The minimum atomic E-state index is -0.0988. The fraction of sp³-hybridized carbons (Fsp3) is 0.400. The molecule has 1 saturated carbocycles. The first kappa shape index (κ1) is 19.9. The Kier molecular flexibility index (Phi) is 5.32. The Labute approximate surface area is 181 Å². The highest BCUT2D eigenvalue weighted by Gasteiger charge is 2.32. The first-order chi connectivity index (χ1) is 15.1. The lowest BCUT2D eigenvalue weighted by atomic mass is 9.83. The van der Waals surface area contributed by atoms with Crippen molar-refractivity contribution in [3.05, 3.63) is 64.7 Å². The van der Waals surface area contributed by atoms with Crippen molar-refractivity contribution in [1.82, 2.24) is 10.6 Å². The van der Waals surface area contributed by atoms with E-state index in [1.165, 1.54) is 0 Å². The first-order valence-corrected chi connectivity index (χ1v) is 11.2. The Bertz CT molecular complexity index is 1030. The number of nitrogens with one attached hydrogen (secondary N) is 3. The number of carbonyl (C=O) groups excluding carboxylic acids is 3. The van der Waals surface area contributed by atoms with Crippen LogP contribution in [0.4, 0.5) is 5.69 Å². The molecule has 1 amide bonds. The molecule has 3 aliphatic rings. The molecule has 6 nitrogen and oxygen atoms in total. The van der Waals surface area contributed by atoms with E-state index >= 15 is 0 Å². The second-order valence-electron chi connectivity index (χ2n) is 8.78. The predicted octanol–water partition coefficient (Wildman–Crippen LogP) is 3.05. The van der Waals surface area contributed by atoms with Crippen molar-refractivity contribution in [1.29, 1.82) is 0 Å². The van der Waals surface area contributed by atoms with Crippen LogP contribution in [0.5, 0.6) is 0 Å². The summed E-state index contributed by atoms with van der Waals surface area (Å²) < 4.78 is 0. The van der Waals surface area contributed by atoms with Gasteiger partial charge in [-0.15, -0.1) is 0 Å². The van der Waals surface area contributed by atoms with E-state index in [-0.39, 0.29) is 35.6 Å². The highest BCUT2D eigenvalue weighted by atomic mass is 16.2. The Morgan fingerprint density at radius 3 is 2.19 bits per heavy atom. The minimum Gasteiger partial charge on any atom is -0.382 e. The number of hydrogen-bond acceptors (Lipinski definition) is 5. The Hall–Kier alpha value is -2.99. The SMILES string of the molecule is O=C1c2ccccc2C(=O)c2c(NC3CCC(NC(=O)[C@@H]4CCCN4)CC3)cccc21. The maximum atomic E-state index is 13.2. The lowest BCUT2D eigenvalue weighted by Crippen LogP contribution is -2.47. The van der Waals surface area contributed by atoms with Crippen LogP contribution in [0.25, 0.3) is 0 Å². The molecule has 1 heterocycles. The van der Waals surface area contributed by atoms with Gasteiger partial charge in [-0.1, -0.05) is 36.4 Å². The van der Waals surface area contributed by atoms with Gasteiger partial charge >= 0.3 is 0 Å². The van der Waals surface area contributed by atoms with Crippen LogP contribution in [0.1, 0.15) is 70.4 Å². The molecule has 2 fully saturated rings. The van der Waals surface area contributed by atoms with Crippen molar-refractivity contribution >= 4 is 23.2 Å². The number of fused-ring (bicyclic) bond motifs is 2. The van der Waals surface area contributed by atoms with Crippen LogP contribution in [0.15, 0.2) is 42.5 Å². The predicted molar refractivity (Wildman–Crippen MR) is 119 cm³/mol. The summed E-state index contributed by atoms with van der Waals surface area (Å²) in [6, 6.07) is 12.9. The normalized spacial score (nSPS) is 25.0. The number of amides is 1. The van der Waals surface area contributed by atoms with Gasteiger partial charge in [0.1, 0.15) is 0 Å². The molecule has 5 rings (SSSR count). The van der Waals surface area contributed by atoms with Gasteiger partial charge in [0, 0.05) is 34.5 Å². The molecule has 0 unspecified atom stereocenters. The summed E-state index contributed by atoms with van der Waals surface area (Å²) in [5.41, 5.74) is 2.63. The maximum absolute atomic E-state index is 13.2. The smallest absolute Gasteiger partial charge is 0.237 e. The average molecular weight is 418 g/mol. The van der Waals surface area contributed by atoms with Gasteiger partial charge in [0.25, 0.3) is 0 Å². The van der Waals surface area contributed by atoms with Crippen molar-refractivity contribution in [2.75, 3.05) is 11.9 Å². The van der Waals surface area contributed by atoms with Gasteiger partial charge in [-0.3, -0.25) is 14.4 Å². The van der Waals surface area contributed by atoms with E-state index in [1.807, 2.05) is 12.1 Å². The van der Waals surface area contributed by atoms with E-state index in [2.05, 4.69) is 16.0 Å². The van der Waals surface area contributed by atoms with Gasteiger partial charge in [0.15, 0.2) is 11.6 Å². The molecule has 1 saturated heterocycles. The fourth-order valence-electron chi connectivity index (χ4n) is 5.08. The van der Waals surface area contributed by atoms with Crippen molar-refractivity contribution in [3.63, 3.8) is 0 Å². The number of hydrogen-bond donors (Lipinski definition) is 3. The van der Waals surface area contributed by atoms with Gasteiger partial charge < -0.3 is 16.0 Å². The summed E-state index contributed by atoms with van der Waals surface area (Å²) in [6.45, 7) is 0.918. The summed E-state index contributed by atoms with van der Waals surface area (Å²) in [5, 5.41) is 9.96. The third-order valence-corrected chi connectivity index (χ3v) is 6.76. The second kappa shape index (κ2) is 8.27. The quantitative estimate of drug-likeness (QED) is 0.607. The third-order valence-electron chi connectivity index (χ3n) is 6.76. The Morgan fingerprint density at radius 2 is 1.48 bits per heavy atom. The zero-order valence-electron chi connectivity index (χ0n) is 17.4. The molecule has 31 heavy (non-hydrogen) atoms. The molecular formula is C25H27N3O3. The van der Waals surface area contributed by atoms with Crippen LogP contribution < -0.4 is 16.0 Å². The summed E-state index contributed by atoms with van der Waals surface area (Å²) in [5.74, 6) is -0.0760. The minimum absolute atomic E-state index is 0.0434. The van der Waals surface area contributed by atoms with E-state index < -0.39 is 0 Å². The van der Waals surface area contributed by atoms with E-state index in [0.717, 1.165) is 50.8 Å². The lowest BCUT2D eigenvalue weighted by molar-refractivity contribution is -0.123. The molecule has 0 radical (unpaired) electrons. The van der Waals surface area contributed by atoms with Crippen molar-refractivity contribution < 1.29 is 14.4 Å². The Morgan fingerprint density at radius 1 is 0.806 bits per heavy atom. The first-order valence-electron chi connectivity index (χ1n) is 11.2. The molecule has 160 valence electrons. The molecule has 0 spiro atoms. The van der Waals surface area contributed by atoms with Crippen molar-refractivity contribution in [3.8, 4) is 0 Å². The molecule has 2 aliphatic carbocycles. The van der Waals surface area contributed by atoms with Gasteiger partial charge in [-0.05, 0) is 51.1 Å². The number of rotatable bonds is 4. The van der Waals surface area contributed by atoms with Crippen molar-refractivity contribution in [2.45, 2.75) is 56.7 Å². The van der Waals surface area contributed by atoms with E-state index in [1.54, 1.807) is 30.3 Å². The molecule has 0 bridgehead atoms. The van der Waals surface area contributed by atoms with Crippen LogP contribution in [0, 0.1) is 0 Å². The summed E-state index contributed by atoms with van der Waals surface area (Å²) in [6.07, 6.45) is 5.60. The summed E-state index contributed by atoms with van der Waals surface area (Å²) in [7, 11) is 0. The van der Waals surface area contributed by atoms with E-state index in [9.17, 15) is 14.4 Å². The lowest BCUT2D eigenvalue weighted by Gasteiger charge is -2.32. The highest BCUT2D eigenvalue weighted by molar-refractivity contribution is 6.30. The van der Waals surface area contributed by atoms with Crippen LogP contribution in [-0.2, 0) is 4.79 Å². The van der Waals surface area contributed by atoms with Gasteiger partial charge in [0.2, 0.25) is 5.91 Å². The number of benzene rings is 2. The van der Waals surface area contributed by atoms with E-state index in [4.69, 9.17) is 0 Å². The maximum Gasteiger partial charge on any atom is 0.237 e. The molecule has 1 atom stereocenters. The van der Waals surface area contributed by atoms with Crippen LogP contribution in [-0.4, -0.2) is 42.1 Å². The molecule has 2 aromatic rings. The zero-order valence-corrected chi connectivity index (χ0v) is 17.4. The van der Waals surface area contributed by atoms with Gasteiger partial charge in [-0.25, -0.2) is 0 Å². The standard InChI is InChI=1S/C25H27N3O3/c29-23-17-5-1-2-6-18(17)24(30)22-19(23)7-3-8-20(22)27-15-10-12-16(13-11-15)28-25(31)21-9-4-14-26-21/h1-3,5-8,15-16,21,26-27H,4,9-14H2,(H,28,31)/t15?,16?,21-/m0/s1. The Balaban J connectivity index is 1.26. The largest absolute Gasteiger partial charge is 0.382 e. The molecule has 0 aromatic heterocycles. The molecule has 1 aliphatic heterocycles. The van der Waals surface area contributed by atoms with Crippen LogP contribution >= 0.6 is 0 Å². The highest BCUT2D eigenvalue weighted by Crippen LogP contribution is 2.33. The summed E-state index contributed by atoms with van der Waals surface area (Å²) >= 11 is 0. The zero-order chi connectivity index (χ0) is 21.4. The third kappa shape index (κ3) is 3.76. The second-order valence-corrected chi connectivity index (χ2v) is 8.78. The molecular weight excluding hydrogens is 390 g/mol. The summed E-state index contributed by atoms with van der Waals surface area (Å²) in [4.78, 5) is 38.5. The van der Waals surface area contributed by atoms with E-state index in [0.29, 0.717) is 22.3 Å². The fourth-order valence-corrected chi connectivity index (χ4v) is 5.08. The van der Waals surface area contributed by atoms with Gasteiger partial charge in [0.05, 0.1) is 11.6 Å². The molecule has 3 N–H and O–H groups in total. The van der Waals surface area contributed by atoms with Crippen LogP contribution in [0.2, 0.25) is 0 Å². The number of ketones is 2. The monoisotopic (exact) mass is 417 g/mol.